The zero-order valence-corrected chi connectivity index (χ0v) is 15.6. The lowest BCUT2D eigenvalue weighted by Crippen LogP contribution is -2.46. The van der Waals surface area contributed by atoms with E-state index in [2.05, 4.69) is 31.6 Å². The molecule has 1 aromatic heterocycles. The van der Waals surface area contributed by atoms with Gasteiger partial charge in [0.15, 0.2) is 11.6 Å². The number of benzene rings is 1. The second kappa shape index (κ2) is 7.55. The van der Waals surface area contributed by atoms with Crippen LogP contribution in [0.15, 0.2) is 35.2 Å². The van der Waals surface area contributed by atoms with E-state index in [9.17, 15) is 12.8 Å². The maximum Gasteiger partial charge on any atom is 0.263 e. The van der Waals surface area contributed by atoms with Crippen LogP contribution in [-0.2, 0) is 10.0 Å². The Hall–Kier alpha value is -2.26. The standard InChI is InChI=1S/C17H22FN5O2S/c1-3-22-8-10-23(11-9-22)17-7-6-16(19-20-17)21-26(24,25)14-4-5-15(18)13(2)12-14/h4-7,12H,3,8-11H2,1-2H3,(H,19,21). The molecule has 0 atom stereocenters. The second-order valence-electron chi connectivity index (χ2n) is 6.21. The van der Waals surface area contributed by atoms with Crippen LogP contribution in [0.25, 0.3) is 0 Å². The highest BCUT2D eigenvalue weighted by Crippen LogP contribution is 2.19. The molecule has 140 valence electrons. The number of halogens is 1. The Balaban J connectivity index is 1.70. The SMILES string of the molecule is CCN1CCN(c2ccc(NS(=O)(=O)c3ccc(F)c(C)c3)nn2)CC1. The quantitative estimate of drug-likeness (QED) is 0.854. The van der Waals surface area contributed by atoms with Gasteiger partial charge in [0, 0.05) is 26.2 Å². The number of piperazine rings is 1. The lowest BCUT2D eigenvalue weighted by molar-refractivity contribution is 0.270. The van der Waals surface area contributed by atoms with Gasteiger partial charge in [-0.3, -0.25) is 4.72 Å². The van der Waals surface area contributed by atoms with Crippen LogP contribution < -0.4 is 9.62 Å². The van der Waals surface area contributed by atoms with Gasteiger partial charge < -0.3 is 9.80 Å². The van der Waals surface area contributed by atoms with Crippen LogP contribution in [0.3, 0.4) is 0 Å². The molecule has 0 bridgehead atoms. The molecule has 7 nitrogen and oxygen atoms in total. The summed E-state index contributed by atoms with van der Waals surface area (Å²) in [5.74, 6) is 0.403. The summed E-state index contributed by atoms with van der Waals surface area (Å²) in [5, 5.41) is 8.11. The van der Waals surface area contributed by atoms with Crippen LogP contribution in [0.4, 0.5) is 16.0 Å². The van der Waals surface area contributed by atoms with Crippen molar-refractivity contribution < 1.29 is 12.8 Å². The van der Waals surface area contributed by atoms with Gasteiger partial charge in [-0.15, -0.1) is 10.2 Å². The van der Waals surface area contributed by atoms with E-state index >= 15 is 0 Å². The van der Waals surface area contributed by atoms with E-state index in [1.807, 2.05) is 0 Å². The van der Waals surface area contributed by atoms with Crippen molar-refractivity contribution in [2.75, 3.05) is 42.3 Å². The molecule has 1 aliphatic rings. The summed E-state index contributed by atoms with van der Waals surface area (Å²) in [6.45, 7) is 8.35. The highest BCUT2D eigenvalue weighted by Gasteiger charge is 2.19. The van der Waals surface area contributed by atoms with Gasteiger partial charge in [-0.05, 0) is 49.4 Å². The third kappa shape index (κ3) is 4.10. The minimum absolute atomic E-state index is 0.0158. The van der Waals surface area contributed by atoms with Gasteiger partial charge in [0.1, 0.15) is 5.82 Å². The predicted octanol–water partition coefficient (Wildman–Crippen LogP) is 1.87. The lowest BCUT2D eigenvalue weighted by atomic mass is 10.2. The topological polar surface area (TPSA) is 78.4 Å². The van der Waals surface area contributed by atoms with Crippen molar-refractivity contribution in [3.63, 3.8) is 0 Å². The monoisotopic (exact) mass is 379 g/mol. The van der Waals surface area contributed by atoms with Crippen LogP contribution in [0.1, 0.15) is 12.5 Å². The molecule has 0 spiro atoms. The fraction of sp³-hybridized carbons (Fsp3) is 0.412. The number of aromatic nitrogens is 2. The third-order valence-corrected chi connectivity index (χ3v) is 5.83. The van der Waals surface area contributed by atoms with Gasteiger partial charge in [0.25, 0.3) is 10.0 Å². The molecule has 1 saturated heterocycles. The summed E-state index contributed by atoms with van der Waals surface area (Å²) in [5.41, 5.74) is 0.264. The van der Waals surface area contributed by atoms with Gasteiger partial charge in [0.05, 0.1) is 4.90 Å². The summed E-state index contributed by atoms with van der Waals surface area (Å²) < 4.78 is 40.5. The van der Waals surface area contributed by atoms with E-state index in [-0.39, 0.29) is 16.3 Å². The molecule has 2 aromatic rings. The summed E-state index contributed by atoms with van der Waals surface area (Å²) in [4.78, 5) is 4.47. The van der Waals surface area contributed by atoms with Crippen LogP contribution >= 0.6 is 0 Å². The molecule has 9 heteroatoms. The second-order valence-corrected chi connectivity index (χ2v) is 7.90. The molecular formula is C17H22FN5O2S. The molecule has 1 aromatic carbocycles. The number of rotatable bonds is 5. The third-order valence-electron chi connectivity index (χ3n) is 4.47. The molecule has 0 amide bonds. The molecule has 26 heavy (non-hydrogen) atoms. The Morgan fingerprint density at radius 2 is 1.85 bits per heavy atom. The van der Waals surface area contributed by atoms with Crippen LogP contribution in [0.5, 0.6) is 0 Å². The van der Waals surface area contributed by atoms with Crippen molar-refractivity contribution in [2.45, 2.75) is 18.7 Å². The van der Waals surface area contributed by atoms with Crippen molar-refractivity contribution in [2.24, 2.45) is 0 Å². The Labute approximate surface area is 152 Å². The number of hydrogen-bond donors (Lipinski definition) is 1. The summed E-state index contributed by atoms with van der Waals surface area (Å²) in [6, 6.07) is 6.98. The van der Waals surface area contributed by atoms with Gasteiger partial charge >= 0.3 is 0 Å². The number of hydrogen-bond acceptors (Lipinski definition) is 6. The fourth-order valence-electron chi connectivity index (χ4n) is 2.82. The van der Waals surface area contributed by atoms with E-state index < -0.39 is 15.8 Å². The summed E-state index contributed by atoms with van der Waals surface area (Å²) >= 11 is 0. The minimum Gasteiger partial charge on any atom is -0.353 e. The molecule has 3 rings (SSSR count). The molecule has 1 N–H and O–H groups in total. The molecule has 0 aliphatic carbocycles. The first kappa shape index (κ1) is 18.5. The van der Waals surface area contributed by atoms with E-state index in [4.69, 9.17) is 0 Å². The number of nitrogens with one attached hydrogen (secondary N) is 1. The van der Waals surface area contributed by atoms with Crippen molar-refractivity contribution >= 4 is 21.7 Å². The Bertz CT molecular complexity index is 865. The van der Waals surface area contributed by atoms with Gasteiger partial charge in [-0.2, -0.15) is 0 Å². The van der Waals surface area contributed by atoms with Crippen molar-refractivity contribution in [1.29, 1.82) is 0 Å². The molecule has 0 saturated carbocycles. The smallest absolute Gasteiger partial charge is 0.263 e. The largest absolute Gasteiger partial charge is 0.353 e. The zero-order chi connectivity index (χ0) is 18.7. The zero-order valence-electron chi connectivity index (χ0n) is 14.8. The van der Waals surface area contributed by atoms with Crippen LogP contribution in [0, 0.1) is 12.7 Å². The normalized spacial score (nSPS) is 15.9. The van der Waals surface area contributed by atoms with Gasteiger partial charge in [0.2, 0.25) is 0 Å². The predicted molar refractivity (Wildman–Crippen MR) is 98.3 cm³/mol. The summed E-state index contributed by atoms with van der Waals surface area (Å²) in [6.07, 6.45) is 0. The van der Waals surface area contributed by atoms with Crippen LogP contribution in [0.2, 0.25) is 0 Å². The average Bonchev–Trinajstić information content (AvgIpc) is 2.64. The molecule has 0 unspecified atom stereocenters. The van der Waals surface area contributed by atoms with Crippen LogP contribution in [-0.4, -0.2) is 56.2 Å². The maximum absolute atomic E-state index is 13.3. The van der Waals surface area contributed by atoms with Crippen molar-refractivity contribution in [1.82, 2.24) is 15.1 Å². The Kier molecular flexibility index (Phi) is 5.38. The fourth-order valence-corrected chi connectivity index (χ4v) is 3.90. The first-order valence-electron chi connectivity index (χ1n) is 8.49. The lowest BCUT2D eigenvalue weighted by Gasteiger charge is -2.34. The van der Waals surface area contributed by atoms with E-state index in [0.717, 1.165) is 44.6 Å². The van der Waals surface area contributed by atoms with Gasteiger partial charge in [-0.25, -0.2) is 12.8 Å². The number of sulfonamides is 1. The average molecular weight is 379 g/mol. The van der Waals surface area contributed by atoms with Crippen molar-refractivity contribution in [3.8, 4) is 0 Å². The highest BCUT2D eigenvalue weighted by molar-refractivity contribution is 7.92. The van der Waals surface area contributed by atoms with Gasteiger partial charge in [-0.1, -0.05) is 6.92 Å². The number of likely N-dealkylation sites (N-methyl/N-ethyl adjacent to an activating group) is 1. The first-order valence-corrected chi connectivity index (χ1v) is 9.97. The van der Waals surface area contributed by atoms with E-state index in [1.165, 1.54) is 19.1 Å². The molecule has 0 radical (unpaired) electrons. The van der Waals surface area contributed by atoms with Crippen molar-refractivity contribution in [3.05, 3.63) is 41.7 Å². The first-order chi connectivity index (χ1) is 12.4. The number of nitrogens with zero attached hydrogens (tertiary/aromatic N) is 4. The van der Waals surface area contributed by atoms with E-state index in [1.54, 1.807) is 12.1 Å². The maximum atomic E-state index is 13.3. The number of anilines is 2. The van der Waals surface area contributed by atoms with E-state index in [0.29, 0.717) is 0 Å². The highest BCUT2D eigenvalue weighted by atomic mass is 32.2. The summed E-state index contributed by atoms with van der Waals surface area (Å²) in [7, 11) is -3.84. The molecule has 1 fully saturated rings. The number of aryl methyl sites for hydroxylation is 1. The molecule has 1 aliphatic heterocycles. The molecule has 2 heterocycles. The Morgan fingerprint density at radius 1 is 1.12 bits per heavy atom. The Morgan fingerprint density at radius 3 is 2.42 bits per heavy atom. The minimum atomic E-state index is -3.84. The molecular weight excluding hydrogens is 357 g/mol.